The lowest BCUT2D eigenvalue weighted by Gasteiger charge is -2.56. The molecule has 0 spiro atoms. The first-order chi connectivity index (χ1) is 9.68. The smallest absolute Gasteiger partial charge is 0.0594 e. The van der Waals surface area contributed by atoms with E-state index in [0.29, 0.717) is 5.41 Å². The number of morpholine rings is 1. The molecular formula is C17H29NO2. The van der Waals surface area contributed by atoms with Crippen molar-refractivity contribution in [1.29, 1.82) is 0 Å². The van der Waals surface area contributed by atoms with Gasteiger partial charge in [-0.05, 0) is 36.5 Å². The summed E-state index contributed by atoms with van der Waals surface area (Å²) >= 11 is 0. The van der Waals surface area contributed by atoms with Crippen molar-refractivity contribution < 1.29 is 9.47 Å². The quantitative estimate of drug-likeness (QED) is 0.551. The molecule has 2 atom stereocenters. The van der Waals surface area contributed by atoms with Crippen LogP contribution in [0.1, 0.15) is 33.1 Å². The van der Waals surface area contributed by atoms with Crippen LogP contribution in [0.2, 0.25) is 0 Å². The van der Waals surface area contributed by atoms with Gasteiger partial charge in [-0.25, -0.2) is 0 Å². The number of rotatable bonds is 6. The molecule has 1 saturated carbocycles. The van der Waals surface area contributed by atoms with Crippen LogP contribution in [0.3, 0.4) is 0 Å². The number of allylic oxidation sites excluding steroid dienone is 1. The van der Waals surface area contributed by atoms with E-state index in [1.807, 2.05) is 0 Å². The van der Waals surface area contributed by atoms with Crippen molar-refractivity contribution >= 4 is 0 Å². The number of hydrogen-bond acceptors (Lipinski definition) is 3. The van der Waals surface area contributed by atoms with Crippen LogP contribution in [-0.4, -0.2) is 51.0 Å². The van der Waals surface area contributed by atoms with E-state index < -0.39 is 0 Å². The Hall–Kier alpha value is -0.380. The van der Waals surface area contributed by atoms with Crippen molar-refractivity contribution in [3.63, 3.8) is 0 Å². The summed E-state index contributed by atoms with van der Waals surface area (Å²) in [6.45, 7) is 11.6. The molecule has 4 aliphatic rings. The molecule has 4 rings (SSSR count). The summed E-state index contributed by atoms with van der Waals surface area (Å²) in [5.41, 5.74) is 2.22. The van der Waals surface area contributed by atoms with Crippen LogP contribution < -0.4 is 0 Å². The molecule has 2 bridgehead atoms. The average Bonchev–Trinajstić information content (AvgIpc) is 2.48. The molecule has 20 heavy (non-hydrogen) atoms. The fourth-order valence-corrected chi connectivity index (χ4v) is 4.07. The molecule has 1 heterocycles. The normalized spacial score (nSPS) is 32.6. The maximum absolute atomic E-state index is 5.85. The van der Waals surface area contributed by atoms with Gasteiger partial charge in [-0.3, -0.25) is 4.90 Å². The Kier molecular flexibility index (Phi) is 4.49. The second kappa shape index (κ2) is 6.17. The highest BCUT2D eigenvalue weighted by Gasteiger charge is 2.50. The molecule has 1 aliphatic heterocycles. The van der Waals surface area contributed by atoms with E-state index in [1.54, 1.807) is 5.57 Å². The van der Waals surface area contributed by atoms with E-state index in [1.165, 1.54) is 12.8 Å². The molecule has 0 amide bonds. The van der Waals surface area contributed by atoms with Crippen LogP contribution in [0, 0.1) is 17.3 Å². The summed E-state index contributed by atoms with van der Waals surface area (Å²) in [5, 5.41) is 0. The van der Waals surface area contributed by atoms with Crippen molar-refractivity contribution in [2.45, 2.75) is 33.1 Å². The first kappa shape index (κ1) is 14.6. The van der Waals surface area contributed by atoms with Gasteiger partial charge in [0.05, 0.1) is 26.4 Å². The van der Waals surface area contributed by atoms with Gasteiger partial charge < -0.3 is 9.47 Å². The first-order valence-corrected chi connectivity index (χ1v) is 8.24. The molecule has 114 valence electrons. The number of ether oxygens (including phenoxy) is 2. The molecule has 3 nitrogen and oxygen atoms in total. The summed E-state index contributed by atoms with van der Waals surface area (Å²) in [5.74, 6) is 1.78. The lowest BCUT2D eigenvalue weighted by Crippen LogP contribution is -2.48. The van der Waals surface area contributed by atoms with Crippen molar-refractivity contribution in [2.24, 2.45) is 17.3 Å². The SMILES string of the molecule is CC1(C)C2CC=C(CCOCCN3CCOCC3)C1C2. The largest absolute Gasteiger partial charge is 0.380 e. The zero-order chi connectivity index (χ0) is 14.0. The van der Waals surface area contributed by atoms with Crippen LogP contribution >= 0.6 is 0 Å². The van der Waals surface area contributed by atoms with Gasteiger partial charge in [-0.15, -0.1) is 0 Å². The molecule has 0 radical (unpaired) electrons. The van der Waals surface area contributed by atoms with Crippen LogP contribution in [0.25, 0.3) is 0 Å². The minimum atomic E-state index is 0.553. The summed E-state index contributed by atoms with van der Waals surface area (Å²) in [7, 11) is 0. The van der Waals surface area contributed by atoms with E-state index in [-0.39, 0.29) is 0 Å². The van der Waals surface area contributed by atoms with E-state index in [2.05, 4.69) is 24.8 Å². The van der Waals surface area contributed by atoms with Crippen LogP contribution in [0.15, 0.2) is 11.6 Å². The predicted octanol–water partition coefficient (Wildman–Crippen LogP) is 2.72. The zero-order valence-corrected chi connectivity index (χ0v) is 13.1. The third-order valence-electron chi connectivity index (χ3n) is 5.77. The fourth-order valence-electron chi connectivity index (χ4n) is 4.07. The van der Waals surface area contributed by atoms with Gasteiger partial charge in [-0.1, -0.05) is 25.5 Å². The molecular weight excluding hydrogens is 250 g/mol. The highest BCUT2D eigenvalue weighted by atomic mass is 16.5. The van der Waals surface area contributed by atoms with Crippen molar-refractivity contribution in [1.82, 2.24) is 4.90 Å². The minimum absolute atomic E-state index is 0.553. The first-order valence-electron chi connectivity index (χ1n) is 8.24. The predicted molar refractivity (Wildman–Crippen MR) is 80.8 cm³/mol. The van der Waals surface area contributed by atoms with Gasteiger partial charge >= 0.3 is 0 Å². The second-order valence-corrected chi connectivity index (χ2v) is 7.14. The topological polar surface area (TPSA) is 21.7 Å². The Labute approximate surface area is 123 Å². The van der Waals surface area contributed by atoms with Gasteiger partial charge in [0.15, 0.2) is 0 Å². The Bertz CT molecular complexity index is 358. The fraction of sp³-hybridized carbons (Fsp3) is 0.882. The Morgan fingerprint density at radius 3 is 2.80 bits per heavy atom. The summed E-state index contributed by atoms with van der Waals surface area (Å²) in [6, 6.07) is 0. The summed E-state index contributed by atoms with van der Waals surface area (Å²) in [4.78, 5) is 2.43. The van der Waals surface area contributed by atoms with E-state index in [9.17, 15) is 0 Å². The van der Waals surface area contributed by atoms with E-state index in [0.717, 1.165) is 64.3 Å². The van der Waals surface area contributed by atoms with Gasteiger partial charge in [0.25, 0.3) is 0 Å². The Morgan fingerprint density at radius 1 is 1.30 bits per heavy atom. The molecule has 0 aromatic heterocycles. The average molecular weight is 279 g/mol. The summed E-state index contributed by atoms with van der Waals surface area (Å²) in [6.07, 6.45) is 6.36. The van der Waals surface area contributed by atoms with Crippen molar-refractivity contribution in [3.05, 3.63) is 11.6 Å². The maximum Gasteiger partial charge on any atom is 0.0594 e. The van der Waals surface area contributed by atoms with E-state index >= 15 is 0 Å². The van der Waals surface area contributed by atoms with Crippen molar-refractivity contribution in [2.75, 3.05) is 46.1 Å². The molecule has 0 aromatic carbocycles. The highest BCUT2D eigenvalue weighted by molar-refractivity contribution is 5.23. The lowest BCUT2D eigenvalue weighted by molar-refractivity contribution is -0.0121. The monoisotopic (exact) mass is 279 g/mol. The van der Waals surface area contributed by atoms with E-state index in [4.69, 9.17) is 9.47 Å². The molecule has 0 N–H and O–H groups in total. The summed E-state index contributed by atoms with van der Waals surface area (Å²) < 4.78 is 11.2. The highest BCUT2D eigenvalue weighted by Crippen LogP contribution is 2.59. The molecule has 3 aliphatic carbocycles. The number of nitrogens with zero attached hydrogens (tertiary/aromatic N) is 1. The van der Waals surface area contributed by atoms with Gasteiger partial charge in [0.1, 0.15) is 0 Å². The third kappa shape index (κ3) is 2.95. The molecule has 1 saturated heterocycles. The molecule has 3 heteroatoms. The van der Waals surface area contributed by atoms with Crippen molar-refractivity contribution in [3.8, 4) is 0 Å². The third-order valence-corrected chi connectivity index (χ3v) is 5.77. The number of hydrogen-bond donors (Lipinski definition) is 0. The van der Waals surface area contributed by atoms with Gasteiger partial charge in [0, 0.05) is 19.6 Å². The standard InChI is InChI=1S/C17H29NO2/c1-17(2)15-4-3-14(16(17)13-15)5-9-19-10-6-18-7-11-20-12-8-18/h3,15-16H,4-13H2,1-2H3. The second-order valence-electron chi connectivity index (χ2n) is 7.14. The lowest BCUT2D eigenvalue weighted by atomic mass is 9.48. The minimum Gasteiger partial charge on any atom is -0.380 e. The molecule has 2 fully saturated rings. The van der Waals surface area contributed by atoms with Crippen LogP contribution in [-0.2, 0) is 9.47 Å². The Balaban J connectivity index is 1.31. The van der Waals surface area contributed by atoms with Crippen LogP contribution in [0.4, 0.5) is 0 Å². The number of fused-ring (bicyclic) bond motifs is 1. The molecule has 2 unspecified atom stereocenters. The van der Waals surface area contributed by atoms with Gasteiger partial charge in [0.2, 0.25) is 0 Å². The van der Waals surface area contributed by atoms with Crippen LogP contribution in [0.5, 0.6) is 0 Å². The zero-order valence-electron chi connectivity index (χ0n) is 13.1. The molecule has 0 aromatic rings. The Morgan fingerprint density at radius 2 is 2.10 bits per heavy atom. The maximum atomic E-state index is 5.85. The van der Waals surface area contributed by atoms with Gasteiger partial charge in [-0.2, -0.15) is 0 Å².